The third-order valence-corrected chi connectivity index (χ3v) is 4.12. The zero-order chi connectivity index (χ0) is 20.9. The van der Waals surface area contributed by atoms with Crippen molar-refractivity contribution < 1.29 is 23.6 Å². The van der Waals surface area contributed by atoms with Gasteiger partial charge in [-0.15, -0.1) is 0 Å². The van der Waals surface area contributed by atoms with Gasteiger partial charge in [0.1, 0.15) is 18.6 Å². The highest BCUT2D eigenvalue weighted by Gasteiger charge is 2.19. The Morgan fingerprint density at radius 1 is 1.10 bits per heavy atom. The lowest BCUT2D eigenvalue weighted by molar-refractivity contribution is -0.117. The minimum absolute atomic E-state index is 0.0907. The Balaban J connectivity index is 1.99. The molecule has 1 aromatic heterocycles. The molecule has 0 spiro atoms. The van der Waals surface area contributed by atoms with Crippen LogP contribution in [0, 0.1) is 0 Å². The summed E-state index contributed by atoms with van der Waals surface area (Å²) in [5.74, 6) is 0.465. The van der Waals surface area contributed by atoms with Crippen molar-refractivity contribution in [3.8, 4) is 5.75 Å². The zero-order valence-electron chi connectivity index (χ0n) is 17.1. The van der Waals surface area contributed by atoms with Gasteiger partial charge in [0.15, 0.2) is 5.82 Å². The van der Waals surface area contributed by atoms with E-state index in [2.05, 4.69) is 17.4 Å². The first-order valence-electron chi connectivity index (χ1n) is 9.94. The standard InChI is InChI=1S/C21H29N3O5/c1-3-5-14-28-18-9-7-17(8-10-18)21(26)24(12-6-13-27-4-2)16-20(25)22-19-11-15-29-23-19/h7-11,15H,3-6,12-14,16H2,1-2H3,(H,22,23,25). The van der Waals surface area contributed by atoms with E-state index in [0.717, 1.165) is 18.6 Å². The van der Waals surface area contributed by atoms with Crippen LogP contribution in [-0.2, 0) is 9.53 Å². The van der Waals surface area contributed by atoms with E-state index in [1.54, 1.807) is 24.3 Å². The van der Waals surface area contributed by atoms with E-state index in [4.69, 9.17) is 14.0 Å². The summed E-state index contributed by atoms with van der Waals surface area (Å²) in [6, 6.07) is 8.52. The number of benzene rings is 1. The number of aromatic nitrogens is 1. The first-order valence-corrected chi connectivity index (χ1v) is 9.94. The van der Waals surface area contributed by atoms with Crippen molar-refractivity contribution in [1.29, 1.82) is 0 Å². The average Bonchev–Trinajstić information content (AvgIpc) is 3.23. The average molecular weight is 403 g/mol. The number of hydrogen-bond donors (Lipinski definition) is 1. The topological polar surface area (TPSA) is 93.9 Å². The van der Waals surface area contributed by atoms with E-state index >= 15 is 0 Å². The first-order chi connectivity index (χ1) is 14.1. The molecule has 0 atom stereocenters. The molecule has 2 amide bonds. The van der Waals surface area contributed by atoms with Gasteiger partial charge < -0.3 is 24.2 Å². The largest absolute Gasteiger partial charge is 0.494 e. The van der Waals surface area contributed by atoms with Crippen LogP contribution in [0.15, 0.2) is 41.1 Å². The summed E-state index contributed by atoms with van der Waals surface area (Å²) in [5.41, 5.74) is 0.499. The van der Waals surface area contributed by atoms with Crippen molar-refractivity contribution in [3.63, 3.8) is 0 Å². The fourth-order valence-electron chi connectivity index (χ4n) is 2.60. The van der Waals surface area contributed by atoms with Gasteiger partial charge in [0.2, 0.25) is 5.91 Å². The molecule has 0 saturated carbocycles. The number of anilines is 1. The number of nitrogens with zero attached hydrogens (tertiary/aromatic N) is 2. The van der Waals surface area contributed by atoms with Gasteiger partial charge in [0.25, 0.3) is 5.91 Å². The SMILES string of the molecule is CCCCOc1ccc(C(=O)N(CCCOCC)CC(=O)Nc2ccon2)cc1. The number of amides is 2. The fraction of sp³-hybridized carbons (Fsp3) is 0.476. The number of rotatable bonds is 13. The summed E-state index contributed by atoms with van der Waals surface area (Å²) in [6.07, 6.45) is 4.04. The number of carbonyl (C=O) groups excluding carboxylic acids is 2. The quantitative estimate of drug-likeness (QED) is 0.516. The maximum atomic E-state index is 12.9. The van der Waals surface area contributed by atoms with Gasteiger partial charge in [-0.3, -0.25) is 9.59 Å². The molecular weight excluding hydrogens is 374 g/mol. The molecule has 2 rings (SSSR count). The highest BCUT2D eigenvalue weighted by molar-refractivity contribution is 5.99. The molecule has 2 aromatic rings. The summed E-state index contributed by atoms with van der Waals surface area (Å²) in [7, 11) is 0. The summed E-state index contributed by atoms with van der Waals surface area (Å²) in [5, 5.41) is 6.26. The number of unbranched alkanes of at least 4 members (excludes halogenated alkanes) is 1. The second-order valence-corrected chi connectivity index (χ2v) is 6.44. The molecule has 8 nitrogen and oxygen atoms in total. The van der Waals surface area contributed by atoms with Crippen LogP contribution in [0.4, 0.5) is 5.82 Å². The van der Waals surface area contributed by atoms with Crippen LogP contribution in [0.1, 0.15) is 43.5 Å². The van der Waals surface area contributed by atoms with Gasteiger partial charge in [0, 0.05) is 31.4 Å². The zero-order valence-corrected chi connectivity index (χ0v) is 17.1. The van der Waals surface area contributed by atoms with Gasteiger partial charge in [-0.2, -0.15) is 0 Å². The molecule has 0 saturated heterocycles. The van der Waals surface area contributed by atoms with Crippen molar-refractivity contribution in [3.05, 3.63) is 42.2 Å². The summed E-state index contributed by atoms with van der Waals surface area (Å²) in [4.78, 5) is 26.8. The number of hydrogen-bond acceptors (Lipinski definition) is 6. The molecule has 0 radical (unpaired) electrons. The molecule has 8 heteroatoms. The minimum Gasteiger partial charge on any atom is -0.494 e. The van der Waals surface area contributed by atoms with E-state index in [1.807, 2.05) is 6.92 Å². The number of ether oxygens (including phenoxy) is 2. The van der Waals surface area contributed by atoms with E-state index in [-0.39, 0.29) is 18.4 Å². The highest BCUT2D eigenvalue weighted by Crippen LogP contribution is 2.15. The third kappa shape index (κ3) is 7.95. The molecule has 0 aliphatic rings. The smallest absolute Gasteiger partial charge is 0.254 e. The van der Waals surface area contributed by atoms with Crippen LogP contribution in [0.25, 0.3) is 0 Å². The number of carbonyl (C=O) groups is 2. The normalized spacial score (nSPS) is 10.6. The summed E-state index contributed by atoms with van der Waals surface area (Å²) >= 11 is 0. The molecule has 1 N–H and O–H groups in total. The second-order valence-electron chi connectivity index (χ2n) is 6.44. The van der Waals surface area contributed by atoms with E-state index in [1.165, 1.54) is 17.2 Å². The summed E-state index contributed by atoms with van der Waals surface area (Å²) in [6.45, 7) is 6.11. The lowest BCUT2D eigenvalue weighted by Crippen LogP contribution is -2.39. The number of nitrogens with one attached hydrogen (secondary N) is 1. The highest BCUT2D eigenvalue weighted by atomic mass is 16.5. The van der Waals surface area contributed by atoms with Crippen LogP contribution in [0.2, 0.25) is 0 Å². The lowest BCUT2D eigenvalue weighted by Gasteiger charge is -2.22. The van der Waals surface area contributed by atoms with Crippen molar-refractivity contribution in [2.24, 2.45) is 0 Å². The van der Waals surface area contributed by atoms with E-state index in [0.29, 0.717) is 44.2 Å². The lowest BCUT2D eigenvalue weighted by atomic mass is 10.2. The van der Waals surface area contributed by atoms with Crippen LogP contribution < -0.4 is 10.1 Å². The molecule has 0 aliphatic carbocycles. The van der Waals surface area contributed by atoms with E-state index in [9.17, 15) is 9.59 Å². The van der Waals surface area contributed by atoms with Gasteiger partial charge in [-0.1, -0.05) is 18.5 Å². The summed E-state index contributed by atoms with van der Waals surface area (Å²) < 4.78 is 15.7. The van der Waals surface area contributed by atoms with Crippen molar-refractivity contribution in [1.82, 2.24) is 10.1 Å². The van der Waals surface area contributed by atoms with Crippen molar-refractivity contribution in [2.75, 3.05) is 38.2 Å². The van der Waals surface area contributed by atoms with Crippen molar-refractivity contribution >= 4 is 17.6 Å². The molecule has 1 aromatic carbocycles. The Morgan fingerprint density at radius 2 is 1.90 bits per heavy atom. The predicted molar refractivity (Wildman–Crippen MR) is 109 cm³/mol. The second kappa shape index (κ2) is 12.6. The van der Waals surface area contributed by atoms with Crippen LogP contribution in [-0.4, -0.2) is 54.8 Å². The molecular formula is C21H29N3O5. The molecule has 0 fully saturated rings. The maximum Gasteiger partial charge on any atom is 0.254 e. The monoisotopic (exact) mass is 403 g/mol. The minimum atomic E-state index is -0.344. The molecule has 0 aliphatic heterocycles. The van der Waals surface area contributed by atoms with Gasteiger partial charge >= 0.3 is 0 Å². The van der Waals surface area contributed by atoms with Crippen LogP contribution in [0.5, 0.6) is 5.75 Å². The predicted octanol–water partition coefficient (Wildman–Crippen LogP) is 3.36. The Morgan fingerprint density at radius 3 is 2.55 bits per heavy atom. The molecule has 29 heavy (non-hydrogen) atoms. The maximum absolute atomic E-state index is 12.9. The van der Waals surface area contributed by atoms with Gasteiger partial charge in [-0.25, -0.2) is 0 Å². The Labute approximate surface area is 171 Å². The third-order valence-electron chi connectivity index (χ3n) is 4.12. The Hall–Kier alpha value is -2.87. The molecule has 0 unspecified atom stereocenters. The van der Waals surface area contributed by atoms with Crippen LogP contribution >= 0.6 is 0 Å². The fourth-order valence-corrected chi connectivity index (χ4v) is 2.60. The van der Waals surface area contributed by atoms with Crippen molar-refractivity contribution in [2.45, 2.75) is 33.1 Å². The van der Waals surface area contributed by atoms with Crippen LogP contribution in [0.3, 0.4) is 0 Å². The van der Waals surface area contributed by atoms with Gasteiger partial charge in [0.05, 0.1) is 6.61 Å². The Bertz CT molecular complexity index is 731. The Kier molecular flexibility index (Phi) is 9.71. The first kappa shape index (κ1) is 22.4. The molecule has 1 heterocycles. The van der Waals surface area contributed by atoms with E-state index < -0.39 is 0 Å². The molecule has 158 valence electrons. The van der Waals surface area contributed by atoms with Gasteiger partial charge in [-0.05, 0) is 44.0 Å². The molecule has 0 bridgehead atoms.